The molecule has 1 aliphatic carbocycles. The Morgan fingerprint density at radius 3 is 2.75 bits per heavy atom. The highest BCUT2D eigenvalue weighted by Crippen LogP contribution is 2.21. The van der Waals surface area contributed by atoms with Gasteiger partial charge in [0.25, 0.3) is 0 Å². The van der Waals surface area contributed by atoms with Gasteiger partial charge in [-0.05, 0) is 55.1 Å². The number of allylic oxidation sites excluding steroid dienone is 2. The zero-order chi connectivity index (χ0) is 16.6. The zero-order valence-corrected chi connectivity index (χ0v) is 14.6. The average Bonchev–Trinajstić information content (AvgIpc) is 2.64. The van der Waals surface area contributed by atoms with Crippen LogP contribution in [0.5, 0.6) is 0 Å². The molecular weight excluding hydrogens is 314 g/mol. The number of nitrogens with zero attached hydrogens (tertiary/aromatic N) is 2. The van der Waals surface area contributed by atoms with Gasteiger partial charge in [-0.1, -0.05) is 42.5 Å². The minimum atomic E-state index is 0.660. The van der Waals surface area contributed by atoms with E-state index in [1.807, 2.05) is 18.2 Å². The summed E-state index contributed by atoms with van der Waals surface area (Å²) in [5, 5.41) is 4.09. The maximum atomic E-state index is 5.69. The van der Waals surface area contributed by atoms with Crippen LogP contribution >= 0.6 is 12.2 Å². The predicted octanol–water partition coefficient (Wildman–Crippen LogP) is 4.64. The molecule has 0 unspecified atom stereocenters. The van der Waals surface area contributed by atoms with Crippen LogP contribution < -0.4 is 5.32 Å². The van der Waals surface area contributed by atoms with Crippen molar-refractivity contribution in [1.82, 2.24) is 9.88 Å². The van der Waals surface area contributed by atoms with Crippen molar-refractivity contribution in [3.8, 4) is 0 Å². The quantitative estimate of drug-likeness (QED) is 0.636. The van der Waals surface area contributed by atoms with E-state index in [9.17, 15) is 0 Å². The lowest BCUT2D eigenvalue weighted by Crippen LogP contribution is -2.38. The number of nitrogens with one attached hydrogen (secondary N) is 1. The smallest absolute Gasteiger partial charge is 0.173 e. The molecule has 124 valence electrons. The van der Waals surface area contributed by atoms with Crippen LogP contribution in [0.4, 0.5) is 5.69 Å². The van der Waals surface area contributed by atoms with Gasteiger partial charge in [0.2, 0.25) is 0 Å². The van der Waals surface area contributed by atoms with E-state index in [0.717, 1.165) is 30.3 Å². The van der Waals surface area contributed by atoms with Crippen molar-refractivity contribution in [1.29, 1.82) is 0 Å². The molecule has 1 aromatic carbocycles. The van der Waals surface area contributed by atoms with Crippen LogP contribution in [-0.4, -0.2) is 21.5 Å². The minimum absolute atomic E-state index is 0.660. The summed E-state index contributed by atoms with van der Waals surface area (Å²) in [5.41, 5.74) is 2.21. The molecule has 0 fully saturated rings. The molecule has 1 atom stereocenters. The molecule has 0 spiro atoms. The maximum absolute atomic E-state index is 5.69. The highest BCUT2D eigenvalue weighted by atomic mass is 32.1. The summed E-state index contributed by atoms with van der Waals surface area (Å²) in [6.07, 6.45) is 11.7. The van der Waals surface area contributed by atoms with E-state index in [0.29, 0.717) is 5.92 Å². The second kappa shape index (κ2) is 8.60. The first-order valence-corrected chi connectivity index (χ1v) is 8.87. The average molecular weight is 337 g/mol. The Balaban J connectivity index is 1.70. The lowest BCUT2D eigenvalue weighted by atomic mass is 9.94. The number of hydrogen-bond acceptors (Lipinski definition) is 2. The molecular formula is C20H23N3S. The first-order valence-electron chi connectivity index (χ1n) is 8.46. The number of rotatable bonds is 5. The predicted molar refractivity (Wildman–Crippen MR) is 104 cm³/mol. The summed E-state index contributed by atoms with van der Waals surface area (Å²) in [6.45, 7) is 1.80. The summed E-state index contributed by atoms with van der Waals surface area (Å²) in [5.74, 6) is 0.660. The Kier molecular flexibility index (Phi) is 5.96. The van der Waals surface area contributed by atoms with Crippen LogP contribution in [-0.2, 0) is 6.54 Å². The van der Waals surface area contributed by atoms with E-state index >= 15 is 0 Å². The molecule has 24 heavy (non-hydrogen) atoms. The molecule has 1 aromatic heterocycles. The monoisotopic (exact) mass is 337 g/mol. The van der Waals surface area contributed by atoms with Crippen molar-refractivity contribution in [2.45, 2.75) is 25.8 Å². The number of benzene rings is 1. The number of anilines is 1. The van der Waals surface area contributed by atoms with Gasteiger partial charge in [-0.15, -0.1) is 0 Å². The Labute approximate surface area is 149 Å². The van der Waals surface area contributed by atoms with Gasteiger partial charge in [0.1, 0.15) is 0 Å². The zero-order valence-electron chi connectivity index (χ0n) is 13.8. The van der Waals surface area contributed by atoms with Crippen molar-refractivity contribution >= 4 is 23.0 Å². The standard InChI is InChI=1S/C20H23N3S/c24-20(22-19-12-7-13-21-14-19)23(15-17-8-3-1-4-9-17)16-18-10-5-2-6-11-18/h1-5,7-9,12-14,18H,6,10-11,15-16H2,(H,22,24)/t18-/m0/s1. The van der Waals surface area contributed by atoms with E-state index in [2.05, 4.69) is 51.6 Å². The lowest BCUT2D eigenvalue weighted by molar-refractivity contribution is 0.319. The molecule has 0 saturated heterocycles. The van der Waals surface area contributed by atoms with E-state index < -0.39 is 0 Å². The Bertz CT molecular complexity index is 670. The SMILES string of the molecule is S=C(Nc1cccnc1)N(Cc1ccccc1)C[C@H]1CC=CCC1. The normalized spacial score (nSPS) is 16.6. The summed E-state index contributed by atoms with van der Waals surface area (Å²) >= 11 is 5.69. The van der Waals surface area contributed by atoms with E-state index in [-0.39, 0.29) is 0 Å². The molecule has 0 saturated carbocycles. The van der Waals surface area contributed by atoms with Crippen molar-refractivity contribution in [3.63, 3.8) is 0 Å². The van der Waals surface area contributed by atoms with Gasteiger partial charge < -0.3 is 10.2 Å². The van der Waals surface area contributed by atoms with Crippen molar-refractivity contribution in [2.24, 2.45) is 5.92 Å². The van der Waals surface area contributed by atoms with Gasteiger partial charge in [0.05, 0.1) is 11.9 Å². The Morgan fingerprint density at radius 2 is 2.04 bits per heavy atom. The topological polar surface area (TPSA) is 28.2 Å². The molecule has 0 aliphatic heterocycles. The fraction of sp³-hybridized carbons (Fsp3) is 0.300. The first-order chi connectivity index (χ1) is 11.8. The van der Waals surface area contributed by atoms with Crippen LogP contribution in [0.2, 0.25) is 0 Å². The van der Waals surface area contributed by atoms with Crippen molar-refractivity contribution < 1.29 is 0 Å². The van der Waals surface area contributed by atoms with Crippen molar-refractivity contribution in [3.05, 3.63) is 72.6 Å². The number of pyridine rings is 1. The molecule has 1 aliphatic rings. The number of hydrogen-bond donors (Lipinski definition) is 1. The largest absolute Gasteiger partial charge is 0.344 e. The van der Waals surface area contributed by atoms with Crippen LogP contribution in [0.1, 0.15) is 24.8 Å². The highest BCUT2D eigenvalue weighted by molar-refractivity contribution is 7.80. The van der Waals surface area contributed by atoms with Crippen LogP contribution in [0, 0.1) is 5.92 Å². The summed E-state index contributed by atoms with van der Waals surface area (Å²) < 4.78 is 0. The van der Waals surface area contributed by atoms with Gasteiger partial charge in [-0.25, -0.2) is 0 Å². The molecule has 3 rings (SSSR count). The molecule has 1 N–H and O–H groups in total. The fourth-order valence-electron chi connectivity index (χ4n) is 3.00. The minimum Gasteiger partial charge on any atom is -0.344 e. The summed E-state index contributed by atoms with van der Waals surface area (Å²) in [7, 11) is 0. The third-order valence-corrected chi connectivity index (χ3v) is 4.63. The third-order valence-electron chi connectivity index (χ3n) is 4.27. The maximum Gasteiger partial charge on any atom is 0.173 e. The van der Waals surface area contributed by atoms with Gasteiger partial charge >= 0.3 is 0 Å². The van der Waals surface area contributed by atoms with Gasteiger partial charge in [-0.3, -0.25) is 4.98 Å². The van der Waals surface area contributed by atoms with Crippen LogP contribution in [0.25, 0.3) is 0 Å². The molecule has 0 radical (unpaired) electrons. The molecule has 4 heteroatoms. The van der Waals surface area contributed by atoms with E-state index in [4.69, 9.17) is 12.2 Å². The molecule has 0 amide bonds. The van der Waals surface area contributed by atoms with Gasteiger partial charge in [-0.2, -0.15) is 0 Å². The first kappa shape index (κ1) is 16.7. The number of aromatic nitrogens is 1. The van der Waals surface area contributed by atoms with Gasteiger partial charge in [0, 0.05) is 19.3 Å². The Hall–Kier alpha value is -2.20. The second-order valence-electron chi connectivity index (χ2n) is 6.19. The summed E-state index contributed by atoms with van der Waals surface area (Å²) in [4.78, 5) is 6.43. The van der Waals surface area contributed by atoms with Crippen LogP contribution in [0.15, 0.2) is 67.0 Å². The van der Waals surface area contributed by atoms with E-state index in [1.165, 1.54) is 18.4 Å². The lowest BCUT2D eigenvalue weighted by Gasteiger charge is -2.30. The molecule has 1 heterocycles. The fourth-order valence-corrected chi connectivity index (χ4v) is 3.25. The van der Waals surface area contributed by atoms with Gasteiger partial charge in [0.15, 0.2) is 5.11 Å². The highest BCUT2D eigenvalue weighted by Gasteiger charge is 2.18. The molecule has 3 nitrogen and oxygen atoms in total. The number of thiocarbonyl (C=S) groups is 1. The molecule has 2 aromatic rings. The summed E-state index contributed by atoms with van der Waals surface area (Å²) in [6, 6.07) is 14.4. The Morgan fingerprint density at radius 1 is 1.17 bits per heavy atom. The second-order valence-corrected chi connectivity index (χ2v) is 6.58. The van der Waals surface area contributed by atoms with Crippen molar-refractivity contribution in [2.75, 3.05) is 11.9 Å². The van der Waals surface area contributed by atoms with E-state index in [1.54, 1.807) is 12.4 Å². The third kappa shape index (κ3) is 4.90. The molecule has 0 bridgehead atoms. The van der Waals surface area contributed by atoms with Crippen LogP contribution in [0.3, 0.4) is 0 Å².